The second kappa shape index (κ2) is 9.24. The Balaban J connectivity index is 1.23. The maximum Gasteiger partial charge on any atom is 0.256 e. The lowest BCUT2D eigenvalue weighted by atomic mass is 9.97. The smallest absolute Gasteiger partial charge is 0.256 e. The summed E-state index contributed by atoms with van der Waals surface area (Å²) in [7, 11) is 0. The zero-order chi connectivity index (χ0) is 23.8. The van der Waals surface area contributed by atoms with E-state index < -0.39 is 11.7 Å². The molecule has 2 aliphatic heterocycles. The van der Waals surface area contributed by atoms with Crippen LogP contribution in [-0.4, -0.2) is 47.9 Å². The van der Waals surface area contributed by atoms with Crippen LogP contribution in [0.2, 0.25) is 10.0 Å². The van der Waals surface area contributed by atoms with Crippen molar-refractivity contribution in [2.75, 3.05) is 26.3 Å². The molecule has 5 rings (SSSR count). The van der Waals surface area contributed by atoms with Gasteiger partial charge in [-0.1, -0.05) is 23.2 Å². The normalized spacial score (nSPS) is 15.4. The van der Waals surface area contributed by atoms with Crippen LogP contribution in [0.3, 0.4) is 0 Å². The predicted octanol–water partition coefficient (Wildman–Crippen LogP) is 4.85. The van der Waals surface area contributed by atoms with Crippen molar-refractivity contribution in [3.63, 3.8) is 0 Å². The molecule has 1 fully saturated rings. The Hall–Kier alpha value is -3.16. The topological polar surface area (TPSA) is 68.7 Å². The van der Waals surface area contributed by atoms with Crippen molar-refractivity contribution >= 4 is 34.9 Å². The summed E-state index contributed by atoms with van der Waals surface area (Å²) in [5, 5.41) is 1.06. The molecule has 0 bridgehead atoms. The zero-order valence-corrected chi connectivity index (χ0v) is 19.4. The van der Waals surface area contributed by atoms with Gasteiger partial charge in [0.25, 0.3) is 5.91 Å². The van der Waals surface area contributed by atoms with Gasteiger partial charge in [-0.05, 0) is 30.3 Å². The number of nitrogens with zero attached hydrogens (tertiary/aromatic N) is 2. The lowest BCUT2D eigenvalue weighted by Gasteiger charge is -2.39. The minimum atomic E-state index is -0.654. The number of amides is 1. The number of likely N-dealkylation sites (tertiary alicyclic amines) is 1. The number of pyridine rings is 1. The van der Waals surface area contributed by atoms with Crippen molar-refractivity contribution in [1.82, 2.24) is 9.88 Å². The molecule has 1 amide bonds. The molecule has 174 valence electrons. The minimum Gasteiger partial charge on any atom is -0.493 e. The van der Waals surface area contributed by atoms with Crippen LogP contribution in [0.15, 0.2) is 48.8 Å². The van der Waals surface area contributed by atoms with E-state index in [1.54, 1.807) is 41.6 Å². The molecule has 34 heavy (non-hydrogen) atoms. The van der Waals surface area contributed by atoms with E-state index in [0.717, 1.165) is 11.1 Å². The van der Waals surface area contributed by atoms with Crippen LogP contribution < -0.4 is 9.47 Å². The lowest BCUT2D eigenvalue weighted by molar-refractivity contribution is -0.121. The summed E-state index contributed by atoms with van der Waals surface area (Å²) in [5.41, 5.74) is 2.03. The van der Waals surface area contributed by atoms with Gasteiger partial charge in [0.15, 0.2) is 5.78 Å². The number of ether oxygens (including phenoxy) is 2. The van der Waals surface area contributed by atoms with Crippen LogP contribution >= 0.6 is 23.2 Å². The van der Waals surface area contributed by atoms with Crippen molar-refractivity contribution in [1.29, 1.82) is 0 Å². The monoisotopic (exact) mass is 500 g/mol. The Kier molecular flexibility index (Phi) is 6.15. The molecular weight excluding hydrogens is 482 g/mol. The van der Waals surface area contributed by atoms with Gasteiger partial charge in [0, 0.05) is 65.6 Å². The number of benzene rings is 2. The summed E-state index contributed by atoms with van der Waals surface area (Å²) in [4.78, 5) is 30.1. The van der Waals surface area contributed by atoms with E-state index in [1.807, 2.05) is 0 Å². The molecule has 0 saturated carbocycles. The summed E-state index contributed by atoms with van der Waals surface area (Å²) in [6, 6.07) is 9.69. The van der Waals surface area contributed by atoms with E-state index in [2.05, 4.69) is 4.98 Å². The Morgan fingerprint density at radius 1 is 1.15 bits per heavy atom. The quantitative estimate of drug-likeness (QED) is 0.500. The maximum atomic E-state index is 14.5. The standard InChI is InChI=1S/C25H19Cl2FN2O4/c26-17-1-2-23(20(6-17)16-3-18(27)9-29-8-16)33-12-14-10-30(11-14)25(32)21-5-15-4-19(31)13-34-24(15)7-22(21)28/h1-3,5-9,14H,4,10-13H2. The van der Waals surface area contributed by atoms with Gasteiger partial charge in [-0.25, -0.2) is 4.39 Å². The molecule has 2 aliphatic rings. The van der Waals surface area contributed by atoms with E-state index in [9.17, 15) is 14.0 Å². The van der Waals surface area contributed by atoms with Crippen molar-refractivity contribution in [3.8, 4) is 22.6 Å². The third-order valence-corrected chi connectivity index (χ3v) is 6.28. The van der Waals surface area contributed by atoms with E-state index >= 15 is 0 Å². The number of Topliss-reactive ketones (excluding diaryl/α,β-unsaturated/α-hetero) is 1. The molecule has 3 aromatic rings. The first-order valence-corrected chi connectivity index (χ1v) is 11.4. The number of aromatic nitrogens is 1. The second-order valence-corrected chi connectivity index (χ2v) is 9.24. The van der Waals surface area contributed by atoms with Crippen molar-refractivity contribution < 1.29 is 23.5 Å². The Morgan fingerprint density at radius 2 is 1.97 bits per heavy atom. The number of hydrogen-bond donors (Lipinski definition) is 0. The van der Waals surface area contributed by atoms with Crippen LogP contribution in [0.25, 0.3) is 11.1 Å². The average molecular weight is 501 g/mol. The highest BCUT2D eigenvalue weighted by Crippen LogP contribution is 2.34. The summed E-state index contributed by atoms with van der Waals surface area (Å²) in [6.45, 7) is 1.18. The first-order valence-electron chi connectivity index (χ1n) is 10.7. The molecule has 0 aliphatic carbocycles. The van der Waals surface area contributed by atoms with Gasteiger partial charge >= 0.3 is 0 Å². The zero-order valence-electron chi connectivity index (χ0n) is 17.9. The number of hydrogen-bond acceptors (Lipinski definition) is 5. The van der Waals surface area contributed by atoms with Crippen LogP contribution in [0.1, 0.15) is 15.9 Å². The van der Waals surface area contributed by atoms with Gasteiger partial charge in [0.2, 0.25) is 0 Å². The van der Waals surface area contributed by atoms with Crippen LogP contribution in [0.5, 0.6) is 11.5 Å². The van der Waals surface area contributed by atoms with Crippen molar-refractivity contribution in [2.45, 2.75) is 6.42 Å². The molecule has 2 aromatic carbocycles. The molecule has 1 aromatic heterocycles. The molecule has 1 saturated heterocycles. The predicted molar refractivity (Wildman–Crippen MR) is 125 cm³/mol. The molecular formula is C25H19Cl2FN2O4. The third-order valence-electron chi connectivity index (χ3n) is 5.83. The number of halogens is 3. The Bertz CT molecular complexity index is 1290. The number of carbonyl (C=O) groups excluding carboxylic acids is 2. The highest BCUT2D eigenvalue weighted by Gasteiger charge is 2.34. The Labute approximate surface area is 205 Å². The fourth-order valence-corrected chi connectivity index (χ4v) is 4.44. The van der Waals surface area contributed by atoms with Crippen molar-refractivity contribution in [3.05, 3.63) is 75.8 Å². The van der Waals surface area contributed by atoms with E-state index in [0.29, 0.717) is 46.8 Å². The molecule has 0 N–H and O–H groups in total. The van der Waals surface area contributed by atoms with Crippen LogP contribution in [-0.2, 0) is 11.2 Å². The van der Waals surface area contributed by atoms with Gasteiger partial charge in [-0.15, -0.1) is 0 Å². The number of ketones is 1. The molecule has 9 heteroatoms. The lowest BCUT2D eigenvalue weighted by Crippen LogP contribution is -2.52. The number of rotatable bonds is 5. The molecule has 6 nitrogen and oxygen atoms in total. The van der Waals surface area contributed by atoms with Gasteiger partial charge in [0.05, 0.1) is 17.2 Å². The number of carbonyl (C=O) groups is 2. The second-order valence-electron chi connectivity index (χ2n) is 8.36. The first-order chi connectivity index (χ1) is 16.4. The number of fused-ring (bicyclic) bond motifs is 1. The van der Waals surface area contributed by atoms with Crippen LogP contribution in [0.4, 0.5) is 4.39 Å². The Morgan fingerprint density at radius 3 is 2.76 bits per heavy atom. The molecule has 0 atom stereocenters. The fourth-order valence-electron chi connectivity index (χ4n) is 4.09. The van der Waals surface area contributed by atoms with Crippen molar-refractivity contribution in [2.24, 2.45) is 5.92 Å². The summed E-state index contributed by atoms with van der Waals surface area (Å²) in [6.07, 6.45) is 3.37. The van der Waals surface area contributed by atoms with Gasteiger partial charge in [0.1, 0.15) is 23.9 Å². The molecule has 0 radical (unpaired) electrons. The van der Waals surface area contributed by atoms with Crippen LogP contribution in [0, 0.1) is 11.7 Å². The van der Waals surface area contributed by atoms with E-state index in [4.69, 9.17) is 32.7 Å². The van der Waals surface area contributed by atoms with E-state index in [-0.39, 0.29) is 30.3 Å². The SMILES string of the molecule is O=C1COc2cc(F)c(C(=O)N3CC(COc4ccc(Cl)cc4-c4cncc(Cl)c4)C3)cc2C1. The van der Waals surface area contributed by atoms with Gasteiger partial charge in [-0.2, -0.15) is 0 Å². The highest BCUT2D eigenvalue weighted by atomic mass is 35.5. The van der Waals surface area contributed by atoms with Gasteiger partial charge in [-0.3, -0.25) is 14.6 Å². The van der Waals surface area contributed by atoms with E-state index in [1.165, 1.54) is 12.1 Å². The fraction of sp³-hybridized carbons (Fsp3) is 0.240. The van der Waals surface area contributed by atoms with Gasteiger partial charge < -0.3 is 14.4 Å². The molecule has 0 spiro atoms. The first kappa shape index (κ1) is 22.6. The third kappa shape index (κ3) is 4.58. The maximum absolute atomic E-state index is 14.5. The average Bonchev–Trinajstić information content (AvgIpc) is 2.78. The summed E-state index contributed by atoms with van der Waals surface area (Å²) >= 11 is 12.3. The summed E-state index contributed by atoms with van der Waals surface area (Å²) in [5.74, 6) is -0.129. The minimum absolute atomic E-state index is 0.0511. The largest absolute Gasteiger partial charge is 0.493 e. The highest BCUT2D eigenvalue weighted by molar-refractivity contribution is 6.31. The molecule has 3 heterocycles. The summed E-state index contributed by atoms with van der Waals surface area (Å²) < 4.78 is 25.8. The molecule has 0 unspecified atom stereocenters.